The van der Waals surface area contributed by atoms with E-state index in [4.69, 9.17) is 14.0 Å². The van der Waals surface area contributed by atoms with Crippen LogP contribution in [0.1, 0.15) is 5.69 Å². The van der Waals surface area contributed by atoms with Gasteiger partial charge in [-0.05, 0) is 63.8 Å². The molecular formula is C23H17BrN2O5S. The summed E-state index contributed by atoms with van der Waals surface area (Å²) in [4.78, 5) is 0.101. The molecule has 1 aliphatic heterocycles. The van der Waals surface area contributed by atoms with Crippen molar-refractivity contribution < 1.29 is 22.4 Å². The predicted octanol–water partition coefficient (Wildman–Crippen LogP) is 5.61. The molecular weight excluding hydrogens is 496 g/mol. The molecule has 1 aliphatic rings. The number of fused-ring (bicyclic) bond motifs is 1. The van der Waals surface area contributed by atoms with E-state index >= 15 is 0 Å². The Morgan fingerprint density at radius 1 is 0.938 bits per heavy atom. The highest BCUT2D eigenvalue weighted by molar-refractivity contribution is 9.10. The molecule has 3 aromatic carbocycles. The minimum atomic E-state index is -3.85. The van der Waals surface area contributed by atoms with Crippen LogP contribution in [0.15, 0.2) is 80.6 Å². The number of hydrogen-bond acceptors (Lipinski definition) is 6. The van der Waals surface area contributed by atoms with Gasteiger partial charge in [-0.2, -0.15) is 0 Å². The Hall–Kier alpha value is -3.30. The molecule has 32 heavy (non-hydrogen) atoms. The van der Waals surface area contributed by atoms with E-state index in [1.807, 2.05) is 42.5 Å². The number of aromatic nitrogens is 1. The van der Waals surface area contributed by atoms with E-state index < -0.39 is 10.0 Å². The van der Waals surface area contributed by atoms with E-state index in [0.717, 1.165) is 22.3 Å². The van der Waals surface area contributed by atoms with Gasteiger partial charge in [-0.3, -0.25) is 0 Å². The summed E-state index contributed by atoms with van der Waals surface area (Å²) in [5, 5.41) is 3.74. The second-order valence-corrected chi connectivity index (χ2v) is 9.60. The number of aryl methyl sites for hydroxylation is 1. The number of anilines is 1. The van der Waals surface area contributed by atoms with Gasteiger partial charge in [0.1, 0.15) is 4.47 Å². The maximum atomic E-state index is 12.8. The number of hydrogen-bond donors (Lipinski definition) is 1. The average Bonchev–Trinajstić information content (AvgIpc) is 3.41. The quantitative estimate of drug-likeness (QED) is 0.373. The van der Waals surface area contributed by atoms with Crippen molar-refractivity contribution in [2.75, 3.05) is 11.5 Å². The van der Waals surface area contributed by atoms with E-state index in [1.165, 1.54) is 0 Å². The average molecular weight is 513 g/mol. The topological polar surface area (TPSA) is 90.7 Å². The van der Waals surface area contributed by atoms with Crippen molar-refractivity contribution >= 4 is 31.8 Å². The summed E-state index contributed by atoms with van der Waals surface area (Å²) >= 11 is 3.27. The number of rotatable bonds is 5. The molecule has 0 bridgehead atoms. The van der Waals surface area contributed by atoms with Gasteiger partial charge in [-0.25, -0.2) is 13.1 Å². The van der Waals surface area contributed by atoms with Gasteiger partial charge in [0.05, 0.1) is 10.6 Å². The summed E-state index contributed by atoms with van der Waals surface area (Å²) < 4.78 is 44.8. The largest absolute Gasteiger partial charge is 0.454 e. The van der Waals surface area contributed by atoms with Crippen LogP contribution in [0, 0.1) is 6.92 Å². The molecule has 0 atom stereocenters. The molecule has 0 saturated carbocycles. The third-order valence-corrected chi connectivity index (χ3v) is 7.38. The third-order valence-electron chi connectivity index (χ3n) is 5.10. The molecule has 0 unspecified atom stereocenters. The summed E-state index contributed by atoms with van der Waals surface area (Å²) in [5.74, 6) is 1.40. The van der Waals surface area contributed by atoms with Gasteiger partial charge >= 0.3 is 0 Å². The van der Waals surface area contributed by atoms with Gasteiger partial charge in [0.15, 0.2) is 11.5 Å². The Kier molecular flexibility index (Phi) is 5.15. The fourth-order valence-electron chi connectivity index (χ4n) is 3.52. The summed E-state index contributed by atoms with van der Waals surface area (Å²) in [6.07, 6.45) is 0. The van der Waals surface area contributed by atoms with E-state index in [1.54, 1.807) is 31.2 Å². The lowest BCUT2D eigenvalue weighted by molar-refractivity contribution is 0.174. The molecule has 5 rings (SSSR count). The van der Waals surface area contributed by atoms with Crippen molar-refractivity contribution in [2.45, 2.75) is 11.8 Å². The van der Waals surface area contributed by atoms with Crippen LogP contribution in [0.4, 0.5) is 5.88 Å². The van der Waals surface area contributed by atoms with Crippen LogP contribution < -0.4 is 14.2 Å². The summed E-state index contributed by atoms with van der Waals surface area (Å²) in [5.41, 5.74) is 4.18. The maximum Gasteiger partial charge on any atom is 0.264 e. The molecule has 2 heterocycles. The van der Waals surface area contributed by atoms with Crippen LogP contribution >= 0.6 is 15.9 Å². The molecule has 7 nitrogen and oxygen atoms in total. The number of halogens is 1. The normalized spacial score (nSPS) is 12.7. The Balaban J connectivity index is 1.53. The van der Waals surface area contributed by atoms with Gasteiger partial charge in [0.25, 0.3) is 15.9 Å². The van der Waals surface area contributed by atoms with Crippen molar-refractivity contribution in [1.29, 1.82) is 0 Å². The number of ether oxygens (including phenoxy) is 2. The fourth-order valence-corrected chi connectivity index (χ4v) is 4.89. The lowest BCUT2D eigenvalue weighted by atomic mass is 9.93. The zero-order valence-corrected chi connectivity index (χ0v) is 19.2. The predicted molar refractivity (Wildman–Crippen MR) is 123 cm³/mol. The van der Waals surface area contributed by atoms with E-state index in [0.29, 0.717) is 21.7 Å². The monoisotopic (exact) mass is 512 g/mol. The molecule has 1 N–H and O–H groups in total. The Labute approximate surface area is 193 Å². The molecule has 0 aliphatic carbocycles. The van der Waals surface area contributed by atoms with Crippen molar-refractivity contribution in [3.05, 3.63) is 76.9 Å². The number of sulfonamides is 1. The maximum absolute atomic E-state index is 12.8. The van der Waals surface area contributed by atoms with Crippen LogP contribution in [-0.2, 0) is 10.0 Å². The Morgan fingerprint density at radius 3 is 2.38 bits per heavy atom. The molecule has 162 valence electrons. The second-order valence-electron chi connectivity index (χ2n) is 7.13. The van der Waals surface area contributed by atoms with Crippen LogP contribution in [0.25, 0.3) is 22.3 Å². The molecule has 1 aromatic heterocycles. The highest BCUT2D eigenvalue weighted by Crippen LogP contribution is 2.47. The van der Waals surface area contributed by atoms with Gasteiger partial charge in [0, 0.05) is 5.56 Å². The first-order valence-electron chi connectivity index (χ1n) is 9.67. The highest BCUT2D eigenvalue weighted by atomic mass is 79.9. The van der Waals surface area contributed by atoms with Crippen molar-refractivity contribution in [2.24, 2.45) is 0 Å². The van der Waals surface area contributed by atoms with Crippen LogP contribution in [0.2, 0.25) is 0 Å². The lowest BCUT2D eigenvalue weighted by Gasteiger charge is -2.14. The first-order valence-corrected chi connectivity index (χ1v) is 11.9. The summed E-state index contributed by atoms with van der Waals surface area (Å²) in [7, 11) is -3.85. The van der Waals surface area contributed by atoms with Gasteiger partial charge in [0.2, 0.25) is 6.79 Å². The zero-order valence-electron chi connectivity index (χ0n) is 16.8. The SMILES string of the molecule is Cc1noc(NS(=O)(=O)c2ccc(-c3ccc4c(c3-c3ccccc3)OCO4)cc2)c1Br. The standard InChI is InChI=1S/C23H17BrN2O5S/c1-14-21(24)23(31-25-14)26-32(27,28)17-9-7-15(8-10-17)18-11-12-19-22(30-13-29-19)20(18)16-5-3-2-4-6-16/h2-12,26H,13H2,1H3. The molecule has 0 amide bonds. The zero-order chi connectivity index (χ0) is 22.3. The molecule has 0 fully saturated rings. The number of benzene rings is 3. The minimum Gasteiger partial charge on any atom is -0.454 e. The molecule has 0 saturated heterocycles. The van der Waals surface area contributed by atoms with Crippen LogP contribution in [0.5, 0.6) is 11.5 Å². The second kappa shape index (κ2) is 7.99. The molecule has 9 heteroatoms. The smallest absolute Gasteiger partial charge is 0.264 e. The van der Waals surface area contributed by atoms with Crippen LogP contribution in [-0.4, -0.2) is 20.4 Å². The Bertz CT molecular complexity index is 1400. The van der Waals surface area contributed by atoms with Gasteiger partial charge < -0.3 is 14.0 Å². The van der Waals surface area contributed by atoms with E-state index in [2.05, 4.69) is 25.8 Å². The first kappa shape index (κ1) is 20.6. The van der Waals surface area contributed by atoms with E-state index in [9.17, 15) is 8.42 Å². The molecule has 0 radical (unpaired) electrons. The first-order chi connectivity index (χ1) is 15.4. The summed E-state index contributed by atoms with van der Waals surface area (Å²) in [6, 6.07) is 20.3. The third kappa shape index (κ3) is 3.63. The lowest BCUT2D eigenvalue weighted by Crippen LogP contribution is -2.12. The number of nitrogens with zero attached hydrogens (tertiary/aromatic N) is 1. The van der Waals surface area contributed by atoms with E-state index in [-0.39, 0.29) is 17.6 Å². The highest BCUT2D eigenvalue weighted by Gasteiger charge is 2.24. The minimum absolute atomic E-state index is 0.0358. The van der Waals surface area contributed by atoms with Crippen molar-refractivity contribution in [3.8, 4) is 33.8 Å². The molecule has 0 spiro atoms. The van der Waals surface area contributed by atoms with Crippen molar-refractivity contribution in [1.82, 2.24) is 5.16 Å². The summed E-state index contributed by atoms with van der Waals surface area (Å²) in [6.45, 7) is 1.87. The molecule has 4 aromatic rings. The number of nitrogens with one attached hydrogen (secondary N) is 1. The van der Waals surface area contributed by atoms with Crippen LogP contribution in [0.3, 0.4) is 0 Å². The van der Waals surface area contributed by atoms with Crippen molar-refractivity contribution in [3.63, 3.8) is 0 Å². The van der Waals surface area contributed by atoms with Gasteiger partial charge in [-0.15, -0.1) is 0 Å². The van der Waals surface area contributed by atoms with Gasteiger partial charge in [-0.1, -0.05) is 47.6 Å². The fraction of sp³-hybridized carbons (Fsp3) is 0.0870. The Morgan fingerprint density at radius 2 is 1.69 bits per heavy atom.